The minimum absolute atomic E-state index is 0.206. The molecule has 7 heteroatoms. The number of hydrogen-bond donors (Lipinski definition) is 1. The van der Waals surface area contributed by atoms with Crippen molar-refractivity contribution in [2.24, 2.45) is 0 Å². The van der Waals surface area contributed by atoms with Crippen LogP contribution in [0.25, 0.3) is 0 Å². The molecule has 0 aromatic heterocycles. The predicted octanol–water partition coefficient (Wildman–Crippen LogP) is -0.118. The molecular weight excluding hydrogens is 254 g/mol. The van der Waals surface area contributed by atoms with E-state index in [1.807, 2.05) is 0 Å². The maximum absolute atomic E-state index is 12.0. The van der Waals surface area contributed by atoms with Crippen LogP contribution in [0.3, 0.4) is 0 Å². The van der Waals surface area contributed by atoms with Crippen molar-refractivity contribution in [1.82, 2.24) is 13.9 Å². The number of piperazine rings is 1. The minimum Gasteiger partial charge on any atom is -0.383 e. The van der Waals surface area contributed by atoms with Crippen molar-refractivity contribution in [2.75, 3.05) is 39.9 Å². The van der Waals surface area contributed by atoms with Crippen molar-refractivity contribution >= 4 is 10.2 Å². The number of nitrogens with one attached hydrogen (secondary N) is 1. The highest BCUT2D eigenvalue weighted by Crippen LogP contribution is 2.17. The smallest absolute Gasteiger partial charge is 0.279 e. The van der Waals surface area contributed by atoms with E-state index in [2.05, 4.69) is 23.5 Å². The zero-order chi connectivity index (χ0) is 13.8. The van der Waals surface area contributed by atoms with Gasteiger partial charge in [-0.2, -0.15) is 12.7 Å². The van der Waals surface area contributed by atoms with Gasteiger partial charge in [-0.1, -0.05) is 6.92 Å². The molecule has 0 radical (unpaired) electrons. The van der Waals surface area contributed by atoms with Gasteiger partial charge in [0.15, 0.2) is 0 Å². The molecule has 18 heavy (non-hydrogen) atoms. The summed E-state index contributed by atoms with van der Waals surface area (Å²) in [6.07, 6.45) is 0. The number of rotatable bonds is 6. The fraction of sp³-hybridized carbons (Fsp3) is 1.00. The van der Waals surface area contributed by atoms with E-state index in [0.29, 0.717) is 26.2 Å². The summed E-state index contributed by atoms with van der Waals surface area (Å²) < 4.78 is 33.1. The first-order valence-electron chi connectivity index (χ1n) is 6.41. The summed E-state index contributed by atoms with van der Waals surface area (Å²) in [7, 11) is -1.64. The first kappa shape index (κ1) is 15.8. The molecule has 0 aromatic rings. The fourth-order valence-corrected chi connectivity index (χ4v) is 3.79. The van der Waals surface area contributed by atoms with Gasteiger partial charge < -0.3 is 4.74 Å². The molecule has 6 nitrogen and oxygen atoms in total. The van der Waals surface area contributed by atoms with Crippen LogP contribution in [0.4, 0.5) is 0 Å². The van der Waals surface area contributed by atoms with Crippen molar-refractivity contribution in [3.05, 3.63) is 0 Å². The lowest BCUT2D eigenvalue weighted by Crippen LogP contribution is -2.60. The summed E-state index contributed by atoms with van der Waals surface area (Å²) in [6.45, 7) is 8.91. The molecule has 0 amide bonds. The van der Waals surface area contributed by atoms with Crippen LogP contribution in [0.2, 0.25) is 0 Å². The van der Waals surface area contributed by atoms with Gasteiger partial charge in [0.05, 0.1) is 6.61 Å². The van der Waals surface area contributed by atoms with Crippen molar-refractivity contribution in [3.8, 4) is 0 Å². The molecule has 0 saturated carbocycles. The largest absolute Gasteiger partial charge is 0.383 e. The summed E-state index contributed by atoms with van der Waals surface area (Å²) in [4.78, 5) is 2.29. The number of ether oxygens (including phenoxy) is 1. The lowest BCUT2D eigenvalue weighted by atomic mass is 10.1. The van der Waals surface area contributed by atoms with Gasteiger partial charge in [-0.25, -0.2) is 4.72 Å². The topological polar surface area (TPSA) is 61.9 Å². The van der Waals surface area contributed by atoms with E-state index in [1.165, 1.54) is 4.31 Å². The van der Waals surface area contributed by atoms with E-state index in [9.17, 15) is 8.42 Å². The summed E-state index contributed by atoms with van der Waals surface area (Å²) in [6, 6.07) is 0.412. The summed E-state index contributed by atoms with van der Waals surface area (Å²) in [5.41, 5.74) is 0. The molecule has 0 bridgehead atoms. The molecule has 1 aliphatic rings. The lowest BCUT2D eigenvalue weighted by molar-refractivity contribution is 0.0492. The van der Waals surface area contributed by atoms with Crippen LogP contribution in [-0.2, 0) is 14.9 Å². The molecular formula is C11H25N3O3S. The SMILES string of the molecule is CCNS(=O)(=O)N1CC(C)N(CCOC)C(C)C1. The summed E-state index contributed by atoms with van der Waals surface area (Å²) in [5.74, 6) is 0. The molecule has 108 valence electrons. The monoisotopic (exact) mass is 279 g/mol. The van der Waals surface area contributed by atoms with Gasteiger partial charge in [0.2, 0.25) is 0 Å². The van der Waals surface area contributed by atoms with Crippen LogP contribution in [0.15, 0.2) is 0 Å². The molecule has 1 fully saturated rings. The van der Waals surface area contributed by atoms with E-state index in [0.717, 1.165) is 6.54 Å². The molecule has 1 rings (SSSR count). The van der Waals surface area contributed by atoms with Crippen molar-refractivity contribution in [3.63, 3.8) is 0 Å². The van der Waals surface area contributed by atoms with Gasteiger partial charge in [-0.15, -0.1) is 0 Å². The van der Waals surface area contributed by atoms with Gasteiger partial charge >= 0.3 is 0 Å². The molecule has 0 aliphatic carbocycles. The Morgan fingerprint density at radius 2 is 1.83 bits per heavy atom. The second kappa shape index (κ2) is 6.81. The summed E-state index contributed by atoms with van der Waals surface area (Å²) in [5, 5.41) is 0. The lowest BCUT2D eigenvalue weighted by Gasteiger charge is -2.43. The van der Waals surface area contributed by atoms with E-state index < -0.39 is 10.2 Å². The predicted molar refractivity (Wildman–Crippen MR) is 71.7 cm³/mol. The Bertz CT molecular complexity index is 335. The minimum atomic E-state index is -3.32. The Kier molecular flexibility index (Phi) is 6.00. The first-order chi connectivity index (χ1) is 8.42. The number of nitrogens with zero attached hydrogens (tertiary/aromatic N) is 2. The Hall–Kier alpha value is -0.210. The van der Waals surface area contributed by atoms with Gasteiger partial charge in [0.25, 0.3) is 10.2 Å². The third-order valence-electron chi connectivity index (χ3n) is 3.29. The second-order valence-corrected chi connectivity index (χ2v) is 6.50. The standard InChI is InChI=1S/C11H25N3O3S/c1-5-12-18(15,16)13-8-10(2)14(6-7-17-4)11(3)9-13/h10-12H,5-9H2,1-4H3. The quantitative estimate of drug-likeness (QED) is 0.736. The molecule has 0 spiro atoms. The first-order valence-corrected chi connectivity index (χ1v) is 7.85. The number of methoxy groups -OCH3 is 1. The van der Waals surface area contributed by atoms with E-state index in [1.54, 1.807) is 14.0 Å². The highest BCUT2D eigenvalue weighted by molar-refractivity contribution is 7.87. The molecule has 1 N–H and O–H groups in total. The molecule has 0 aromatic carbocycles. The highest BCUT2D eigenvalue weighted by Gasteiger charge is 2.34. The maximum Gasteiger partial charge on any atom is 0.279 e. The summed E-state index contributed by atoms with van der Waals surface area (Å²) >= 11 is 0. The van der Waals surface area contributed by atoms with Gasteiger partial charge in [-0.05, 0) is 13.8 Å². The Balaban J connectivity index is 2.66. The Morgan fingerprint density at radius 1 is 1.28 bits per heavy atom. The van der Waals surface area contributed by atoms with Crippen LogP contribution in [0.1, 0.15) is 20.8 Å². The maximum atomic E-state index is 12.0. The van der Waals surface area contributed by atoms with Gasteiger partial charge in [0.1, 0.15) is 0 Å². The zero-order valence-electron chi connectivity index (χ0n) is 11.7. The highest BCUT2D eigenvalue weighted by atomic mass is 32.2. The second-order valence-electron chi connectivity index (χ2n) is 4.75. The van der Waals surface area contributed by atoms with Crippen LogP contribution in [0.5, 0.6) is 0 Å². The molecule has 1 saturated heterocycles. The molecule has 1 heterocycles. The van der Waals surface area contributed by atoms with Gasteiger partial charge in [-0.3, -0.25) is 4.90 Å². The van der Waals surface area contributed by atoms with E-state index in [-0.39, 0.29) is 12.1 Å². The number of hydrogen-bond acceptors (Lipinski definition) is 4. The zero-order valence-corrected chi connectivity index (χ0v) is 12.5. The Labute approximate surface area is 110 Å². The van der Waals surface area contributed by atoms with E-state index in [4.69, 9.17) is 4.74 Å². The molecule has 1 aliphatic heterocycles. The third kappa shape index (κ3) is 3.89. The van der Waals surface area contributed by atoms with Crippen LogP contribution in [-0.4, -0.2) is 69.6 Å². The van der Waals surface area contributed by atoms with Crippen LogP contribution < -0.4 is 4.72 Å². The van der Waals surface area contributed by atoms with Crippen molar-refractivity contribution in [2.45, 2.75) is 32.9 Å². The fourth-order valence-electron chi connectivity index (χ4n) is 2.42. The van der Waals surface area contributed by atoms with Crippen LogP contribution >= 0.6 is 0 Å². The molecule has 2 atom stereocenters. The average molecular weight is 279 g/mol. The van der Waals surface area contributed by atoms with Crippen molar-refractivity contribution < 1.29 is 13.2 Å². The van der Waals surface area contributed by atoms with Crippen molar-refractivity contribution in [1.29, 1.82) is 0 Å². The average Bonchev–Trinajstić information content (AvgIpc) is 2.27. The van der Waals surface area contributed by atoms with Gasteiger partial charge in [0, 0.05) is 45.4 Å². The Morgan fingerprint density at radius 3 is 2.28 bits per heavy atom. The van der Waals surface area contributed by atoms with E-state index >= 15 is 0 Å². The third-order valence-corrected chi connectivity index (χ3v) is 4.92. The molecule has 2 unspecified atom stereocenters. The normalized spacial score (nSPS) is 27.6. The van der Waals surface area contributed by atoms with Crippen LogP contribution in [0, 0.1) is 0 Å².